The molecule has 1 fully saturated rings. The minimum Gasteiger partial charge on any atom is -0.361 e. The average molecular weight is 456 g/mol. The van der Waals surface area contributed by atoms with Crippen LogP contribution in [0.15, 0.2) is 71.8 Å². The number of aromatic amines is 1. The molecule has 4 rings (SSSR count). The lowest BCUT2D eigenvalue weighted by Crippen LogP contribution is -2.40. The number of hydrogen-bond donors (Lipinski definition) is 3. The highest BCUT2D eigenvalue weighted by Gasteiger charge is 2.29. The predicted octanol–water partition coefficient (Wildman–Crippen LogP) is 3.97. The molecule has 8 heteroatoms. The van der Waals surface area contributed by atoms with Crippen LogP contribution in [-0.4, -0.2) is 25.4 Å². The first-order valence-corrected chi connectivity index (χ1v) is 12.2. The van der Waals surface area contributed by atoms with Crippen LogP contribution in [0.3, 0.4) is 0 Å². The van der Waals surface area contributed by atoms with E-state index >= 15 is 0 Å². The monoisotopic (exact) mass is 455 g/mol. The first-order chi connectivity index (χ1) is 15.4. The molecule has 3 N–H and O–H groups in total. The summed E-state index contributed by atoms with van der Waals surface area (Å²) in [5.41, 5.74) is 2.68. The Hall–Kier alpha value is -2.97. The minimum absolute atomic E-state index is 0.0458. The van der Waals surface area contributed by atoms with Crippen molar-refractivity contribution in [3.63, 3.8) is 0 Å². The summed E-state index contributed by atoms with van der Waals surface area (Å²) < 4.78 is 41.3. The molecule has 1 aliphatic rings. The smallest absolute Gasteiger partial charge is 0.240 e. The van der Waals surface area contributed by atoms with Crippen molar-refractivity contribution >= 4 is 15.9 Å². The van der Waals surface area contributed by atoms with E-state index in [9.17, 15) is 17.6 Å². The molecule has 32 heavy (non-hydrogen) atoms. The average Bonchev–Trinajstić information content (AvgIpc) is 3.34. The van der Waals surface area contributed by atoms with Crippen molar-refractivity contribution in [1.82, 2.24) is 15.0 Å². The zero-order valence-electron chi connectivity index (χ0n) is 17.6. The topological polar surface area (TPSA) is 91.1 Å². The molecule has 1 aromatic heterocycles. The lowest BCUT2D eigenvalue weighted by molar-refractivity contribution is -0.126. The molecule has 0 aliphatic heterocycles. The molecule has 0 atom stereocenters. The van der Waals surface area contributed by atoms with Crippen LogP contribution in [0.2, 0.25) is 0 Å². The minimum atomic E-state index is -3.62. The molecular formula is C24H26FN3O3S. The van der Waals surface area contributed by atoms with Crippen LogP contribution in [0, 0.1) is 11.7 Å². The van der Waals surface area contributed by atoms with Crippen molar-refractivity contribution in [1.29, 1.82) is 0 Å². The fourth-order valence-electron chi connectivity index (χ4n) is 4.02. The summed E-state index contributed by atoms with van der Waals surface area (Å²) in [6, 6.07) is 16.4. The van der Waals surface area contributed by atoms with E-state index in [1.807, 2.05) is 18.3 Å². The van der Waals surface area contributed by atoms with Crippen LogP contribution in [-0.2, 0) is 21.4 Å². The van der Waals surface area contributed by atoms with Gasteiger partial charge in [-0.25, -0.2) is 17.5 Å². The van der Waals surface area contributed by atoms with Gasteiger partial charge in [0.15, 0.2) is 0 Å². The second-order valence-electron chi connectivity index (χ2n) is 8.12. The molecular weight excluding hydrogens is 429 g/mol. The maximum absolute atomic E-state index is 13.0. The Morgan fingerprint density at radius 2 is 1.66 bits per heavy atom. The van der Waals surface area contributed by atoms with Gasteiger partial charge in [0.2, 0.25) is 15.9 Å². The first kappa shape index (κ1) is 22.2. The molecule has 0 spiro atoms. The van der Waals surface area contributed by atoms with Crippen LogP contribution in [0.25, 0.3) is 11.3 Å². The molecule has 0 saturated heterocycles. The molecule has 168 valence electrons. The maximum atomic E-state index is 13.0. The Morgan fingerprint density at radius 1 is 0.969 bits per heavy atom. The van der Waals surface area contributed by atoms with E-state index in [1.165, 1.54) is 12.1 Å². The van der Waals surface area contributed by atoms with Crippen molar-refractivity contribution in [2.75, 3.05) is 0 Å². The number of rotatable bonds is 7. The third kappa shape index (κ3) is 5.44. The third-order valence-electron chi connectivity index (χ3n) is 5.87. The second kappa shape index (κ2) is 9.67. The molecule has 2 aromatic carbocycles. The van der Waals surface area contributed by atoms with Gasteiger partial charge < -0.3 is 10.3 Å². The van der Waals surface area contributed by atoms with Crippen molar-refractivity contribution in [2.24, 2.45) is 5.92 Å². The molecule has 0 radical (unpaired) electrons. The molecule has 1 aliphatic carbocycles. The van der Waals surface area contributed by atoms with E-state index in [-0.39, 0.29) is 28.6 Å². The van der Waals surface area contributed by atoms with E-state index in [2.05, 4.69) is 15.0 Å². The van der Waals surface area contributed by atoms with Gasteiger partial charge in [-0.3, -0.25) is 4.79 Å². The summed E-state index contributed by atoms with van der Waals surface area (Å²) in [7, 11) is -3.62. The summed E-state index contributed by atoms with van der Waals surface area (Å²) in [5, 5.41) is 2.89. The van der Waals surface area contributed by atoms with Gasteiger partial charge in [0.05, 0.1) is 4.90 Å². The molecule has 0 bridgehead atoms. The highest BCUT2D eigenvalue weighted by molar-refractivity contribution is 7.89. The van der Waals surface area contributed by atoms with Gasteiger partial charge in [0.25, 0.3) is 0 Å². The number of sulfonamides is 1. The summed E-state index contributed by atoms with van der Waals surface area (Å²) in [6.45, 7) is 0.351. The van der Waals surface area contributed by atoms with Crippen LogP contribution in [0.1, 0.15) is 31.2 Å². The molecule has 6 nitrogen and oxygen atoms in total. The Morgan fingerprint density at radius 3 is 2.28 bits per heavy atom. The van der Waals surface area contributed by atoms with E-state index in [4.69, 9.17) is 0 Å². The predicted molar refractivity (Wildman–Crippen MR) is 121 cm³/mol. The normalized spacial score (nSPS) is 18.9. The fourth-order valence-corrected chi connectivity index (χ4v) is 5.33. The first-order valence-electron chi connectivity index (χ1n) is 10.7. The molecule has 1 heterocycles. The number of nitrogens with one attached hydrogen (secondary N) is 3. The van der Waals surface area contributed by atoms with Crippen molar-refractivity contribution in [2.45, 2.75) is 43.2 Å². The lowest BCUT2D eigenvalue weighted by Gasteiger charge is -2.28. The van der Waals surface area contributed by atoms with Crippen LogP contribution >= 0.6 is 0 Å². The number of halogens is 1. The summed E-state index contributed by atoms with van der Waals surface area (Å²) in [4.78, 5) is 15.8. The third-order valence-corrected chi connectivity index (χ3v) is 7.41. The van der Waals surface area contributed by atoms with Crippen molar-refractivity contribution in [3.05, 3.63) is 78.2 Å². The standard InChI is InChI=1S/C24H26FN3O3S/c25-20-9-3-17(4-10-20)16-27-24(29)19-5-11-21(12-6-19)28-32(30,31)22-13-7-18(8-14-22)23-2-1-15-26-23/h1-4,7-10,13-15,19,21,26,28H,5-6,11-12,16H2,(H,27,29)/t19-,21-. The van der Waals surface area contributed by atoms with Gasteiger partial charge in [-0.1, -0.05) is 24.3 Å². The van der Waals surface area contributed by atoms with Crippen LogP contribution < -0.4 is 10.0 Å². The van der Waals surface area contributed by atoms with Gasteiger partial charge in [-0.15, -0.1) is 0 Å². The quantitative estimate of drug-likeness (QED) is 0.503. The summed E-state index contributed by atoms with van der Waals surface area (Å²) in [5.74, 6) is -0.496. The molecule has 3 aromatic rings. The van der Waals surface area contributed by atoms with Crippen LogP contribution in [0.5, 0.6) is 0 Å². The van der Waals surface area contributed by atoms with E-state index < -0.39 is 10.0 Å². The largest absolute Gasteiger partial charge is 0.361 e. The second-order valence-corrected chi connectivity index (χ2v) is 9.84. The highest BCUT2D eigenvalue weighted by atomic mass is 32.2. The van der Waals surface area contributed by atoms with Crippen molar-refractivity contribution < 1.29 is 17.6 Å². The zero-order chi connectivity index (χ0) is 22.6. The number of benzene rings is 2. The summed E-state index contributed by atoms with van der Waals surface area (Å²) in [6.07, 6.45) is 4.27. The van der Waals surface area contributed by atoms with Gasteiger partial charge in [-0.05, 0) is 73.2 Å². The Bertz CT molecular complexity index is 1140. The molecule has 1 amide bonds. The SMILES string of the molecule is O=C(NCc1ccc(F)cc1)[C@H]1CC[C@H](NS(=O)(=O)c2ccc(-c3ccc[nH]3)cc2)CC1. The Kier molecular flexibility index (Phi) is 6.72. The number of amides is 1. The number of aromatic nitrogens is 1. The van der Waals surface area contributed by atoms with Gasteiger partial charge in [0, 0.05) is 30.4 Å². The van der Waals surface area contributed by atoms with E-state index in [1.54, 1.807) is 36.4 Å². The molecule has 0 unspecified atom stereocenters. The number of carbonyl (C=O) groups is 1. The highest BCUT2D eigenvalue weighted by Crippen LogP contribution is 2.26. The zero-order valence-corrected chi connectivity index (χ0v) is 18.4. The van der Waals surface area contributed by atoms with E-state index in [0.29, 0.717) is 32.2 Å². The summed E-state index contributed by atoms with van der Waals surface area (Å²) >= 11 is 0. The lowest BCUT2D eigenvalue weighted by atomic mass is 9.86. The van der Waals surface area contributed by atoms with Gasteiger partial charge in [0.1, 0.15) is 5.82 Å². The molecule has 1 saturated carbocycles. The number of carbonyl (C=O) groups excluding carboxylic acids is 1. The number of hydrogen-bond acceptors (Lipinski definition) is 3. The van der Waals surface area contributed by atoms with E-state index in [0.717, 1.165) is 16.8 Å². The van der Waals surface area contributed by atoms with Crippen molar-refractivity contribution in [3.8, 4) is 11.3 Å². The maximum Gasteiger partial charge on any atom is 0.240 e. The van der Waals surface area contributed by atoms with Crippen LogP contribution in [0.4, 0.5) is 4.39 Å². The Labute approximate surface area is 187 Å². The Balaban J connectivity index is 1.27. The van der Waals surface area contributed by atoms with Gasteiger partial charge >= 0.3 is 0 Å². The van der Waals surface area contributed by atoms with Gasteiger partial charge in [-0.2, -0.15) is 0 Å². The number of H-pyrrole nitrogens is 1. The fraction of sp³-hybridized carbons (Fsp3) is 0.292.